The summed E-state index contributed by atoms with van der Waals surface area (Å²) >= 11 is 0. The number of piperidine rings is 1. The molecule has 1 aromatic carbocycles. The van der Waals surface area contributed by atoms with E-state index in [-0.39, 0.29) is 11.6 Å². The fourth-order valence-corrected chi connectivity index (χ4v) is 3.09. The molecule has 0 saturated carbocycles. The van der Waals surface area contributed by atoms with Crippen molar-refractivity contribution in [3.05, 3.63) is 34.7 Å². The Morgan fingerprint density at radius 2 is 1.76 bits per heavy atom. The Bertz CT molecular complexity index is 708. The second-order valence-corrected chi connectivity index (χ2v) is 5.67. The van der Waals surface area contributed by atoms with Gasteiger partial charge in [-0.05, 0) is 31.4 Å². The molecule has 5 nitrogen and oxygen atoms in total. The molecule has 5 heteroatoms. The van der Waals surface area contributed by atoms with Crippen LogP contribution in [-0.2, 0) is 18.4 Å². The van der Waals surface area contributed by atoms with Crippen LogP contribution in [0.5, 0.6) is 0 Å². The van der Waals surface area contributed by atoms with Crippen LogP contribution in [0.4, 0.5) is 0 Å². The minimum atomic E-state index is -0.0531. The summed E-state index contributed by atoms with van der Waals surface area (Å²) in [5.74, 6) is 0.162. The van der Waals surface area contributed by atoms with Crippen molar-refractivity contribution < 1.29 is 4.79 Å². The topological polar surface area (TPSA) is 47.2 Å². The summed E-state index contributed by atoms with van der Waals surface area (Å²) in [5, 5.41) is 0. The van der Waals surface area contributed by atoms with E-state index in [0.29, 0.717) is 13.0 Å². The fraction of sp³-hybridized carbons (Fsp3) is 0.500. The van der Waals surface area contributed by atoms with Crippen molar-refractivity contribution in [3.8, 4) is 0 Å². The molecule has 0 bridgehead atoms. The highest BCUT2D eigenvalue weighted by atomic mass is 16.2. The molecule has 0 unspecified atom stereocenters. The Morgan fingerprint density at radius 3 is 2.48 bits per heavy atom. The predicted molar refractivity (Wildman–Crippen MR) is 82.2 cm³/mol. The molecule has 0 N–H and O–H groups in total. The normalized spacial score (nSPS) is 15.6. The quantitative estimate of drug-likeness (QED) is 0.863. The van der Waals surface area contributed by atoms with Crippen LogP contribution < -0.4 is 5.69 Å². The maximum Gasteiger partial charge on any atom is 0.328 e. The first-order chi connectivity index (χ1) is 10.2. The third kappa shape index (κ3) is 2.60. The summed E-state index contributed by atoms with van der Waals surface area (Å²) in [6.45, 7) is 2.18. The van der Waals surface area contributed by atoms with Crippen LogP contribution in [-0.4, -0.2) is 33.0 Å². The molecule has 2 heterocycles. The van der Waals surface area contributed by atoms with E-state index >= 15 is 0 Å². The van der Waals surface area contributed by atoms with Gasteiger partial charge < -0.3 is 4.90 Å². The van der Waals surface area contributed by atoms with Gasteiger partial charge in [-0.25, -0.2) is 4.79 Å². The van der Waals surface area contributed by atoms with Gasteiger partial charge in [-0.2, -0.15) is 0 Å². The van der Waals surface area contributed by atoms with Crippen molar-refractivity contribution in [2.45, 2.75) is 32.2 Å². The Kier molecular flexibility index (Phi) is 3.82. The molecule has 2 aromatic rings. The van der Waals surface area contributed by atoms with E-state index in [1.54, 1.807) is 16.2 Å². The van der Waals surface area contributed by atoms with Gasteiger partial charge in [0.2, 0.25) is 5.91 Å². The number of aryl methyl sites for hydroxylation is 2. The van der Waals surface area contributed by atoms with Crippen molar-refractivity contribution in [2.24, 2.45) is 7.05 Å². The number of likely N-dealkylation sites (tertiary alicyclic amines) is 1. The number of hydrogen-bond acceptors (Lipinski definition) is 2. The Hall–Kier alpha value is -2.04. The monoisotopic (exact) mass is 287 g/mol. The highest BCUT2D eigenvalue weighted by Gasteiger charge is 2.17. The predicted octanol–water partition coefficient (Wildman–Crippen LogP) is 1.74. The van der Waals surface area contributed by atoms with Crippen molar-refractivity contribution in [2.75, 3.05) is 13.1 Å². The van der Waals surface area contributed by atoms with Gasteiger partial charge in [-0.15, -0.1) is 0 Å². The summed E-state index contributed by atoms with van der Waals surface area (Å²) < 4.78 is 3.35. The van der Waals surface area contributed by atoms with Gasteiger partial charge in [-0.3, -0.25) is 13.9 Å². The number of rotatable bonds is 3. The highest BCUT2D eigenvalue weighted by molar-refractivity contribution is 5.78. The molecule has 1 amide bonds. The smallest absolute Gasteiger partial charge is 0.328 e. The fourth-order valence-electron chi connectivity index (χ4n) is 3.09. The number of nitrogens with zero attached hydrogens (tertiary/aromatic N) is 3. The molecule has 3 rings (SSSR count). The Labute approximate surface area is 123 Å². The summed E-state index contributed by atoms with van der Waals surface area (Å²) in [7, 11) is 1.77. The van der Waals surface area contributed by atoms with Gasteiger partial charge in [0.1, 0.15) is 0 Å². The van der Waals surface area contributed by atoms with Gasteiger partial charge in [0.25, 0.3) is 0 Å². The largest absolute Gasteiger partial charge is 0.343 e. The number of benzene rings is 1. The van der Waals surface area contributed by atoms with E-state index in [1.807, 2.05) is 29.2 Å². The van der Waals surface area contributed by atoms with E-state index in [0.717, 1.165) is 37.0 Å². The number of para-hydroxylation sites is 2. The van der Waals surface area contributed by atoms with Crippen molar-refractivity contribution >= 4 is 16.9 Å². The van der Waals surface area contributed by atoms with Gasteiger partial charge in [-0.1, -0.05) is 12.1 Å². The number of hydrogen-bond donors (Lipinski definition) is 0. The van der Waals surface area contributed by atoms with E-state index in [4.69, 9.17) is 0 Å². The molecule has 1 fully saturated rings. The van der Waals surface area contributed by atoms with Crippen LogP contribution in [0.3, 0.4) is 0 Å². The van der Waals surface area contributed by atoms with E-state index < -0.39 is 0 Å². The molecule has 0 spiro atoms. The molecule has 0 radical (unpaired) electrons. The van der Waals surface area contributed by atoms with E-state index in [1.165, 1.54) is 6.42 Å². The second-order valence-electron chi connectivity index (χ2n) is 5.67. The van der Waals surface area contributed by atoms with Crippen LogP contribution >= 0.6 is 0 Å². The van der Waals surface area contributed by atoms with Gasteiger partial charge in [0.15, 0.2) is 0 Å². The first-order valence-corrected chi connectivity index (χ1v) is 7.60. The summed E-state index contributed by atoms with van der Waals surface area (Å²) in [5.41, 5.74) is 1.76. The SMILES string of the molecule is Cn1c(=O)n(CCC(=O)N2CCCCC2)c2ccccc21. The number of carbonyl (C=O) groups is 1. The highest BCUT2D eigenvalue weighted by Crippen LogP contribution is 2.13. The first kappa shape index (κ1) is 13.9. The molecule has 0 aliphatic carbocycles. The molecule has 0 atom stereocenters. The molecule has 1 aliphatic rings. The lowest BCUT2D eigenvalue weighted by atomic mass is 10.1. The number of amides is 1. The van der Waals surface area contributed by atoms with E-state index in [9.17, 15) is 9.59 Å². The average molecular weight is 287 g/mol. The first-order valence-electron chi connectivity index (χ1n) is 7.60. The zero-order valence-electron chi connectivity index (χ0n) is 12.4. The molecule has 112 valence electrons. The third-order valence-electron chi connectivity index (χ3n) is 4.31. The van der Waals surface area contributed by atoms with Gasteiger partial charge >= 0.3 is 5.69 Å². The lowest BCUT2D eigenvalue weighted by Gasteiger charge is -2.26. The van der Waals surface area contributed by atoms with Crippen LogP contribution in [0.2, 0.25) is 0 Å². The standard InChI is InChI=1S/C16H21N3O2/c1-17-13-7-3-4-8-14(13)19(16(17)21)12-9-15(20)18-10-5-2-6-11-18/h3-4,7-8H,2,5-6,9-12H2,1H3. The minimum Gasteiger partial charge on any atom is -0.343 e. The molecular formula is C16H21N3O2. The zero-order chi connectivity index (χ0) is 14.8. The molecule has 1 saturated heterocycles. The minimum absolute atomic E-state index is 0.0531. The maximum atomic E-state index is 12.3. The Morgan fingerprint density at radius 1 is 1.10 bits per heavy atom. The molecule has 21 heavy (non-hydrogen) atoms. The van der Waals surface area contributed by atoms with Gasteiger partial charge in [0.05, 0.1) is 11.0 Å². The third-order valence-corrected chi connectivity index (χ3v) is 4.31. The summed E-state index contributed by atoms with van der Waals surface area (Å²) in [6.07, 6.45) is 3.81. The van der Waals surface area contributed by atoms with Crippen molar-refractivity contribution in [1.29, 1.82) is 0 Å². The summed E-state index contributed by atoms with van der Waals surface area (Å²) in [6, 6.07) is 7.71. The average Bonchev–Trinajstić information content (AvgIpc) is 2.78. The van der Waals surface area contributed by atoms with Crippen LogP contribution in [0.1, 0.15) is 25.7 Å². The van der Waals surface area contributed by atoms with Crippen LogP contribution in [0, 0.1) is 0 Å². The number of aromatic nitrogens is 2. The molecular weight excluding hydrogens is 266 g/mol. The summed E-state index contributed by atoms with van der Waals surface area (Å²) in [4.78, 5) is 26.4. The van der Waals surface area contributed by atoms with E-state index in [2.05, 4.69) is 0 Å². The number of imidazole rings is 1. The molecule has 1 aromatic heterocycles. The second kappa shape index (κ2) is 5.76. The lowest BCUT2D eigenvalue weighted by molar-refractivity contribution is -0.132. The number of carbonyl (C=O) groups excluding carboxylic acids is 1. The number of fused-ring (bicyclic) bond motifs is 1. The van der Waals surface area contributed by atoms with Crippen molar-refractivity contribution in [3.63, 3.8) is 0 Å². The van der Waals surface area contributed by atoms with Gasteiger partial charge in [0, 0.05) is 33.1 Å². The van der Waals surface area contributed by atoms with Crippen LogP contribution in [0.25, 0.3) is 11.0 Å². The molecule has 1 aliphatic heterocycles. The zero-order valence-corrected chi connectivity index (χ0v) is 12.4. The lowest BCUT2D eigenvalue weighted by Crippen LogP contribution is -2.36. The van der Waals surface area contributed by atoms with Crippen LogP contribution in [0.15, 0.2) is 29.1 Å². The van der Waals surface area contributed by atoms with Crippen molar-refractivity contribution in [1.82, 2.24) is 14.0 Å². The Balaban J connectivity index is 1.78. The maximum absolute atomic E-state index is 12.3.